The van der Waals surface area contributed by atoms with Crippen LogP contribution in [0.25, 0.3) is 16.9 Å². The fourth-order valence-electron chi connectivity index (χ4n) is 2.81. The van der Waals surface area contributed by atoms with Crippen LogP contribution in [0, 0.1) is 13.8 Å². The van der Waals surface area contributed by atoms with Crippen LogP contribution in [0.1, 0.15) is 30.0 Å². The van der Waals surface area contributed by atoms with Gasteiger partial charge in [-0.15, -0.1) is 0 Å². The zero-order valence-electron chi connectivity index (χ0n) is 13.9. The molecule has 3 nitrogen and oxygen atoms in total. The van der Waals surface area contributed by atoms with Crippen molar-refractivity contribution in [2.75, 3.05) is 0 Å². The van der Waals surface area contributed by atoms with Crippen LogP contribution in [-0.4, -0.2) is 14.9 Å². The molecular weight excluding hydrogens is 284 g/mol. The quantitative estimate of drug-likeness (QED) is 0.751. The maximum atomic E-state index is 10.7. The molecule has 0 aliphatic rings. The summed E-state index contributed by atoms with van der Waals surface area (Å²) in [6.45, 7) is 6.23. The van der Waals surface area contributed by atoms with Gasteiger partial charge >= 0.3 is 0 Å². The average Bonchev–Trinajstić information content (AvgIpc) is 2.86. The van der Waals surface area contributed by atoms with E-state index in [0.717, 1.165) is 35.3 Å². The highest BCUT2D eigenvalue weighted by atomic mass is 16.3. The van der Waals surface area contributed by atoms with Gasteiger partial charge in [-0.3, -0.25) is 0 Å². The monoisotopic (exact) mass is 306 g/mol. The van der Waals surface area contributed by atoms with Crippen molar-refractivity contribution in [3.63, 3.8) is 0 Å². The number of hydrogen-bond donors (Lipinski definition) is 1. The van der Waals surface area contributed by atoms with Gasteiger partial charge in [-0.1, -0.05) is 54.8 Å². The van der Waals surface area contributed by atoms with Gasteiger partial charge in [-0.25, -0.2) is 4.68 Å². The molecule has 2 aromatic carbocycles. The zero-order chi connectivity index (χ0) is 16.4. The van der Waals surface area contributed by atoms with E-state index in [1.165, 1.54) is 11.1 Å². The van der Waals surface area contributed by atoms with E-state index >= 15 is 0 Å². The van der Waals surface area contributed by atoms with Crippen molar-refractivity contribution in [1.82, 2.24) is 9.78 Å². The van der Waals surface area contributed by atoms with Crippen LogP contribution < -0.4 is 0 Å². The standard InChI is InChI=1S/C20H22N2O/c1-4-6-18-19(16-8-5-7-15(3)13-16)21-22(20(18)23)17-11-9-14(2)10-12-17/h5,7-13,23H,4,6H2,1-3H3. The molecule has 0 saturated carbocycles. The summed E-state index contributed by atoms with van der Waals surface area (Å²) in [5, 5.41) is 15.4. The Hall–Kier alpha value is -2.55. The molecule has 1 heterocycles. The topological polar surface area (TPSA) is 38.0 Å². The molecule has 0 aliphatic carbocycles. The van der Waals surface area contributed by atoms with Gasteiger partial charge in [0.2, 0.25) is 5.88 Å². The summed E-state index contributed by atoms with van der Waals surface area (Å²) in [6.07, 6.45) is 1.77. The van der Waals surface area contributed by atoms with Crippen LogP contribution in [0.4, 0.5) is 0 Å². The molecule has 3 rings (SSSR count). The van der Waals surface area contributed by atoms with E-state index in [1.54, 1.807) is 4.68 Å². The van der Waals surface area contributed by atoms with Gasteiger partial charge in [0.25, 0.3) is 0 Å². The summed E-state index contributed by atoms with van der Waals surface area (Å²) >= 11 is 0. The molecule has 3 aromatic rings. The Labute approximate surface area is 137 Å². The van der Waals surface area contributed by atoms with Gasteiger partial charge in [0.05, 0.1) is 11.4 Å². The first kappa shape index (κ1) is 15.3. The van der Waals surface area contributed by atoms with Crippen molar-refractivity contribution >= 4 is 0 Å². The van der Waals surface area contributed by atoms with E-state index in [9.17, 15) is 5.11 Å². The number of aromatic hydroxyl groups is 1. The largest absolute Gasteiger partial charge is 0.493 e. The maximum absolute atomic E-state index is 10.7. The Balaban J connectivity index is 2.16. The van der Waals surface area contributed by atoms with Gasteiger partial charge in [-0.2, -0.15) is 5.10 Å². The van der Waals surface area contributed by atoms with Gasteiger partial charge in [0.15, 0.2) is 0 Å². The summed E-state index contributed by atoms with van der Waals surface area (Å²) < 4.78 is 1.64. The van der Waals surface area contributed by atoms with Crippen LogP contribution in [0.5, 0.6) is 5.88 Å². The molecule has 0 atom stereocenters. The molecule has 3 heteroatoms. The minimum absolute atomic E-state index is 0.243. The lowest BCUT2D eigenvalue weighted by Crippen LogP contribution is -1.96. The molecular formula is C20H22N2O. The second kappa shape index (κ2) is 6.29. The normalized spacial score (nSPS) is 10.9. The molecule has 118 valence electrons. The van der Waals surface area contributed by atoms with Gasteiger partial charge in [0.1, 0.15) is 0 Å². The minimum Gasteiger partial charge on any atom is -0.493 e. The third kappa shape index (κ3) is 3.00. The van der Waals surface area contributed by atoms with Crippen LogP contribution >= 0.6 is 0 Å². The highest BCUT2D eigenvalue weighted by molar-refractivity contribution is 5.67. The zero-order valence-corrected chi connectivity index (χ0v) is 13.9. The molecule has 1 N–H and O–H groups in total. The van der Waals surface area contributed by atoms with Gasteiger partial charge in [0, 0.05) is 11.1 Å². The second-order valence-corrected chi connectivity index (χ2v) is 6.02. The summed E-state index contributed by atoms with van der Waals surface area (Å²) in [5.41, 5.74) is 6.09. The fraction of sp³-hybridized carbons (Fsp3) is 0.250. The van der Waals surface area contributed by atoms with Crippen molar-refractivity contribution in [3.8, 4) is 22.8 Å². The molecule has 0 amide bonds. The Kier molecular flexibility index (Phi) is 4.20. The van der Waals surface area contributed by atoms with E-state index in [4.69, 9.17) is 5.10 Å². The van der Waals surface area contributed by atoms with Crippen LogP contribution in [0.2, 0.25) is 0 Å². The van der Waals surface area contributed by atoms with Crippen molar-refractivity contribution in [2.45, 2.75) is 33.6 Å². The number of aryl methyl sites for hydroxylation is 2. The SMILES string of the molecule is CCCc1c(-c2cccc(C)c2)nn(-c2ccc(C)cc2)c1O. The molecule has 0 fully saturated rings. The number of aromatic nitrogens is 2. The summed E-state index contributed by atoms with van der Waals surface area (Å²) in [6, 6.07) is 16.3. The Morgan fingerprint density at radius 1 is 1.00 bits per heavy atom. The molecule has 23 heavy (non-hydrogen) atoms. The fourth-order valence-corrected chi connectivity index (χ4v) is 2.81. The first-order chi connectivity index (χ1) is 11.1. The van der Waals surface area contributed by atoms with Crippen LogP contribution in [0.15, 0.2) is 48.5 Å². The maximum Gasteiger partial charge on any atom is 0.218 e. The molecule has 0 spiro atoms. The summed E-state index contributed by atoms with van der Waals surface area (Å²) in [5.74, 6) is 0.243. The van der Waals surface area contributed by atoms with E-state index < -0.39 is 0 Å². The van der Waals surface area contributed by atoms with Gasteiger partial charge < -0.3 is 5.11 Å². The van der Waals surface area contributed by atoms with Crippen molar-refractivity contribution < 1.29 is 5.11 Å². The summed E-state index contributed by atoms with van der Waals surface area (Å²) in [7, 11) is 0. The predicted molar refractivity (Wildman–Crippen MR) is 94.1 cm³/mol. The number of nitrogens with zero attached hydrogens (tertiary/aromatic N) is 2. The third-order valence-corrected chi connectivity index (χ3v) is 4.03. The molecule has 0 radical (unpaired) electrons. The Morgan fingerprint density at radius 2 is 1.74 bits per heavy atom. The smallest absolute Gasteiger partial charge is 0.218 e. The first-order valence-electron chi connectivity index (χ1n) is 8.05. The van der Waals surface area contributed by atoms with E-state index in [0.29, 0.717) is 0 Å². The Morgan fingerprint density at radius 3 is 2.39 bits per heavy atom. The van der Waals surface area contributed by atoms with E-state index in [1.807, 2.05) is 43.3 Å². The van der Waals surface area contributed by atoms with E-state index in [2.05, 4.69) is 26.0 Å². The second-order valence-electron chi connectivity index (χ2n) is 6.02. The number of hydrogen-bond acceptors (Lipinski definition) is 2. The third-order valence-electron chi connectivity index (χ3n) is 4.03. The first-order valence-corrected chi connectivity index (χ1v) is 8.05. The lowest BCUT2D eigenvalue weighted by Gasteiger charge is -2.04. The Bertz CT molecular complexity index is 816. The lowest BCUT2D eigenvalue weighted by molar-refractivity contribution is 0.427. The minimum atomic E-state index is 0.243. The van der Waals surface area contributed by atoms with Gasteiger partial charge in [-0.05, 0) is 38.5 Å². The van der Waals surface area contributed by atoms with E-state index in [-0.39, 0.29) is 5.88 Å². The molecule has 0 saturated heterocycles. The number of benzene rings is 2. The summed E-state index contributed by atoms with van der Waals surface area (Å²) in [4.78, 5) is 0. The predicted octanol–water partition coefficient (Wildman–Crippen LogP) is 4.81. The van der Waals surface area contributed by atoms with Crippen LogP contribution in [-0.2, 0) is 6.42 Å². The van der Waals surface area contributed by atoms with Crippen molar-refractivity contribution in [1.29, 1.82) is 0 Å². The van der Waals surface area contributed by atoms with Crippen molar-refractivity contribution in [3.05, 3.63) is 65.2 Å². The molecule has 0 bridgehead atoms. The highest BCUT2D eigenvalue weighted by Gasteiger charge is 2.19. The lowest BCUT2D eigenvalue weighted by atomic mass is 10.0. The average molecular weight is 306 g/mol. The molecule has 0 aliphatic heterocycles. The van der Waals surface area contributed by atoms with Crippen LogP contribution in [0.3, 0.4) is 0 Å². The number of rotatable bonds is 4. The van der Waals surface area contributed by atoms with Crippen molar-refractivity contribution in [2.24, 2.45) is 0 Å². The molecule has 1 aromatic heterocycles. The molecule has 0 unspecified atom stereocenters. The highest BCUT2D eigenvalue weighted by Crippen LogP contribution is 2.33.